The highest BCUT2D eigenvalue weighted by molar-refractivity contribution is 5.85. The van der Waals surface area contributed by atoms with Crippen LogP contribution in [0.4, 0.5) is 4.39 Å². The fraction of sp³-hybridized carbons (Fsp3) is 0.533. The largest absolute Gasteiger partial charge is 0.366 e. The monoisotopic (exact) mass is 367 g/mol. The zero-order valence-corrected chi connectivity index (χ0v) is 14.9. The number of nitrogens with zero attached hydrogens (tertiary/aromatic N) is 1. The number of halogens is 3. The molecular formula is C15H24Cl2FN3O2. The Morgan fingerprint density at radius 3 is 2.78 bits per heavy atom. The van der Waals surface area contributed by atoms with Crippen LogP contribution in [0.1, 0.15) is 11.1 Å². The number of ether oxygens (including phenoxy) is 1. The number of morpholine rings is 1. The van der Waals surface area contributed by atoms with E-state index in [-0.39, 0.29) is 36.5 Å². The second-order valence-electron chi connectivity index (χ2n) is 5.44. The zero-order valence-electron chi connectivity index (χ0n) is 13.3. The molecule has 0 saturated carbocycles. The fourth-order valence-electron chi connectivity index (χ4n) is 2.24. The third kappa shape index (κ3) is 7.01. The van der Waals surface area contributed by atoms with Gasteiger partial charge in [0, 0.05) is 31.7 Å². The highest BCUT2D eigenvalue weighted by atomic mass is 35.5. The molecule has 1 amide bonds. The Hall–Kier alpha value is -0.920. The van der Waals surface area contributed by atoms with E-state index in [0.717, 1.165) is 12.1 Å². The van der Waals surface area contributed by atoms with E-state index in [1.54, 1.807) is 12.1 Å². The van der Waals surface area contributed by atoms with Crippen molar-refractivity contribution in [2.24, 2.45) is 0 Å². The maximum absolute atomic E-state index is 13.7. The van der Waals surface area contributed by atoms with E-state index in [4.69, 9.17) is 4.74 Å². The third-order valence-electron chi connectivity index (χ3n) is 3.28. The van der Waals surface area contributed by atoms with Gasteiger partial charge in [0.25, 0.3) is 5.91 Å². The molecule has 2 N–H and O–H groups in total. The Kier molecular flexibility index (Phi) is 10.3. The van der Waals surface area contributed by atoms with Gasteiger partial charge in [-0.1, -0.05) is 6.07 Å². The first-order valence-electron chi connectivity index (χ1n) is 7.08. The molecule has 0 radical (unpaired) electrons. The minimum atomic E-state index is -0.444. The number of hydrogen-bond donors (Lipinski definition) is 2. The number of rotatable bonds is 5. The molecule has 1 atom stereocenters. The van der Waals surface area contributed by atoms with Gasteiger partial charge < -0.3 is 20.3 Å². The van der Waals surface area contributed by atoms with E-state index in [0.29, 0.717) is 31.8 Å². The van der Waals surface area contributed by atoms with Crippen LogP contribution in [-0.4, -0.2) is 50.7 Å². The Morgan fingerprint density at radius 1 is 1.43 bits per heavy atom. The van der Waals surface area contributed by atoms with Crippen LogP contribution in [0.25, 0.3) is 0 Å². The predicted octanol–water partition coefficient (Wildman–Crippen LogP) is 1.34. The van der Waals surface area contributed by atoms with Crippen molar-refractivity contribution in [3.05, 3.63) is 35.1 Å². The van der Waals surface area contributed by atoms with Crippen LogP contribution in [-0.2, 0) is 22.6 Å². The zero-order chi connectivity index (χ0) is 15.2. The molecule has 1 aliphatic heterocycles. The number of carbonyl (C=O) groups excluding carboxylic acids is 1. The third-order valence-corrected chi connectivity index (χ3v) is 3.28. The molecule has 0 aliphatic carbocycles. The second kappa shape index (κ2) is 10.8. The Morgan fingerprint density at radius 2 is 2.17 bits per heavy atom. The summed E-state index contributed by atoms with van der Waals surface area (Å²) in [6, 6.07) is 4.92. The van der Waals surface area contributed by atoms with Crippen LogP contribution in [0.15, 0.2) is 18.2 Å². The molecule has 5 nitrogen and oxygen atoms in total. The molecule has 1 aromatic carbocycles. The van der Waals surface area contributed by atoms with E-state index in [1.807, 2.05) is 19.0 Å². The molecule has 1 unspecified atom stereocenters. The molecule has 2 rings (SSSR count). The summed E-state index contributed by atoms with van der Waals surface area (Å²) in [4.78, 5) is 13.8. The van der Waals surface area contributed by atoms with Gasteiger partial charge in [-0.3, -0.25) is 4.79 Å². The van der Waals surface area contributed by atoms with E-state index < -0.39 is 6.10 Å². The highest BCUT2D eigenvalue weighted by Crippen LogP contribution is 2.12. The first-order chi connectivity index (χ1) is 10.1. The average Bonchev–Trinajstić information content (AvgIpc) is 2.48. The molecule has 1 aliphatic rings. The molecule has 23 heavy (non-hydrogen) atoms. The van der Waals surface area contributed by atoms with Gasteiger partial charge in [-0.15, -0.1) is 24.8 Å². The topological polar surface area (TPSA) is 53.6 Å². The van der Waals surface area contributed by atoms with Gasteiger partial charge in [0.05, 0.1) is 6.61 Å². The van der Waals surface area contributed by atoms with Crippen molar-refractivity contribution in [2.75, 3.05) is 33.8 Å². The lowest BCUT2D eigenvalue weighted by atomic mass is 10.1. The van der Waals surface area contributed by atoms with E-state index in [1.165, 1.54) is 6.07 Å². The Labute approximate surface area is 148 Å². The summed E-state index contributed by atoms with van der Waals surface area (Å²) < 4.78 is 19.1. The van der Waals surface area contributed by atoms with Gasteiger partial charge in [0.1, 0.15) is 11.9 Å². The molecule has 0 bridgehead atoms. The van der Waals surface area contributed by atoms with E-state index in [9.17, 15) is 9.18 Å². The van der Waals surface area contributed by atoms with E-state index in [2.05, 4.69) is 10.6 Å². The first kappa shape index (κ1) is 22.1. The van der Waals surface area contributed by atoms with Crippen molar-refractivity contribution in [3.8, 4) is 0 Å². The summed E-state index contributed by atoms with van der Waals surface area (Å²) in [5, 5.41) is 5.94. The highest BCUT2D eigenvalue weighted by Gasteiger charge is 2.21. The smallest absolute Gasteiger partial charge is 0.250 e. The maximum atomic E-state index is 13.7. The molecule has 1 saturated heterocycles. The predicted molar refractivity (Wildman–Crippen MR) is 92.7 cm³/mol. The first-order valence-corrected chi connectivity index (χ1v) is 7.08. The molecule has 132 valence electrons. The minimum Gasteiger partial charge on any atom is -0.366 e. The normalized spacial score (nSPS) is 17.1. The van der Waals surface area contributed by atoms with Gasteiger partial charge in [-0.2, -0.15) is 0 Å². The summed E-state index contributed by atoms with van der Waals surface area (Å²) in [5.74, 6) is -0.362. The summed E-state index contributed by atoms with van der Waals surface area (Å²) in [7, 11) is 3.78. The SMILES string of the molecule is CN(C)Cc1cc(CNC(=O)C2CNCCO2)ccc1F.Cl.Cl. The molecule has 8 heteroatoms. The van der Waals surface area contributed by atoms with Gasteiger partial charge in [0.2, 0.25) is 0 Å². The maximum Gasteiger partial charge on any atom is 0.250 e. The molecule has 1 aromatic rings. The number of nitrogens with one attached hydrogen (secondary N) is 2. The Bertz CT molecular complexity index is 498. The van der Waals surface area contributed by atoms with Crippen molar-refractivity contribution < 1.29 is 13.9 Å². The number of amides is 1. The van der Waals surface area contributed by atoms with Crippen LogP contribution >= 0.6 is 24.8 Å². The standard InChI is InChI=1S/C15H22FN3O2.2ClH/c1-19(2)10-12-7-11(3-4-13(12)16)8-18-15(20)14-9-17-5-6-21-14;;/h3-4,7,14,17H,5-6,8-10H2,1-2H3,(H,18,20);2*1H. The van der Waals surface area contributed by atoms with Crippen molar-refractivity contribution >= 4 is 30.7 Å². The second-order valence-corrected chi connectivity index (χ2v) is 5.44. The lowest BCUT2D eigenvalue weighted by Crippen LogP contribution is -2.47. The fourth-order valence-corrected chi connectivity index (χ4v) is 2.24. The Balaban J connectivity index is 0.00000242. The van der Waals surface area contributed by atoms with Crippen LogP contribution in [0, 0.1) is 5.82 Å². The minimum absolute atomic E-state index is 0. The van der Waals surface area contributed by atoms with Gasteiger partial charge in [0.15, 0.2) is 0 Å². The van der Waals surface area contributed by atoms with E-state index >= 15 is 0 Å². The summed E-state index contributed by atoms with van der Waals surface area (Å²) in [6.07, 6.45) is -0.444. The van der Waals surface area contributed by atoms with Gasteiger partial charge in [-0.05, 0) is 31.8 Å². The van der Waals surface area contributed by atoms with Crippen molar-refractivity contribution in [2.45, 2.75) is 19.2 Å². The molecule has 0 spiro atoms. The van der Waals surface area contributed by atoms with Crippen LogP contribution in [0.3, 0.4) is 0 Å². The summed E-state index contributed by atoms with van der Waals surface area (Å²) in [5.41, 5.74) is 1.51. The molecule has 1 heterocycles. The summed E-state index contributed by atoms with van der Waals surface area (Å²) in [6.45, 7) is 2.75. The van der Waals surface area contributed by atoms with Crippen LogP contribution in [0.2, 0.25) is 0 Å². The molecule has 1 fully saturated rings. The van der Waals surface area contributed by atoms with Gasteiger partial charge >= 0.3 is 0 Å². The quantitative estimate of drug-likeness (QED) is 0.824. The lowest BCUT2D eigenvalue weighted by molar-refractivity contribution is -0.134. The lowest BCUT2D eigenvalue weighted by Gasteiger charge is -2.22. The molecule has 0 aromatic heterocycles. The number of hydrogen-bond acceptors (Lipinski definition) is 4. The van der Waals surface area contributed by atoms with Crippen molar-refractivity contribution in [3.63, 3.8) is 0 Å². The average molecular weight is 368 g/mol. The number of benzene rings is 1. The van der Waals surface area contributed by atoms with Crippen molar-refractivity contribution in [1.29, 1.82) is 0 Å². The number of carbonyl (C=O) groups is 1. The van der Waals surface area contributed by atoms with Crippen LogP contribution < -0.4 is 10.6 Å². The molecular weight excluding hydrogens is 344 g/mol. The van der Waals surface area contributed by atoms with Crippen molar-refractivity contribution in [1.82, 2.24) is 15.5 Å². The summed E-state index contributed by atoms with van der Waals surface area (Å²) >= 11 is 0. The van der Waals surface area contributed by atoms with Crippen LogP contribution in [0.5, 0.6) is 0 Å². The van der Waals surface area contributed by atoms with Gasteiger partial charge in [-0.25, -0.2) is 4.39 Å².